The van der Waals surface area contributed by atoms with Gasteiger partial charge in [0.25, 0.3) is 5.91 Å². The Morgan fingerprint density at radius 1 is 1.38 bits per heavy atom. The maximum absolute atomic E-state index is 12.4. The number of aliphatic carboxylic acids is 1. The summed E-state index contributed by atoms with van der Waals surface area (Å²) in [5.74, 6) is -1.04. The Morgan fingerprint density at radius 2 is 2.14 bits per heavy atom. The van der Waals surface area contributed by atoms with Crippen LogP contribution in [0.15, 0.2) is 30.3 Å². The van der Waals surface area contributed by atoms with Crippen molar-refractivity contribution in [2.24, 2.45) is 5.92 Å². The molecule has 0 saturated carbocycles. The van der Waals surface area contributed by atoms with Crippen molar-refractivity contribution in [3.8, 4) is 0 Å². The van der Waals surface area contributed by atoms with Crippen molar-refractivity contribution in [1.82, 2.24) is 4.90 Å². The molecule has 1 saturated heterocycles. The van der Waals surface area contributed by atoms with Crippen LogP contribution in [0.25, 0.3) is 6.08 Å². The molecule has 1 heterocycles. The van der Waals surface area contributed by atoms with E-state index >= 15 is 0 Å². The molecule has 0 spiro atoms. The van der Waals surface area contributed by atoms with Gasteiger partial charge in [-0.3, -0.25) is 4.79 Å². The fraction of sp³-hybridized carbons (Fsp3) is 0.375. The number of aliphatic hydroxyl groups excluding tert-OH is 1. The standard InChI is InChI=1S/C16H19NO4/c1-11-10-17(8-7-14(11)18)16(21)13-4-2-3-12(9-13)5-6-15(19)20/h2-6,9,11,14,18H,7-8,10H2,1H3,(H,19,20)/b6-5+. The number of rotatable bonds is 3. The Bertz CT molecular complexity index is 567. The van der Waals surface area contributed by atoms with E-state index in [4.69, 9.17) is 5.11 Å². The number of hydrogen-bond acceptors (Lipinski definition) is 3. The van der Waals surface area contributed by atoms with Gasteiger partial charge in [0, 0.05) is 24.7 Å². The fourth-order valence-electron chi connectivity index (χ4n) is 2.44. The van der Waals surface area contributed by atoms with Gasteiger partial charge in [0.05, 0.1) is 6.10 Å². The van der Waals surface area contributed by atoms with Crippen LogP contribution in [-0.2, 0) is 4.79 Å². The third-order valence-corrected chi connectivity index (χ3v) is 3.70. The van der Waals surface area contributed by atoms with E-state index in [0.29, 0.717) is 30.6 Å². The number of aliphatic hydroxyl groups is 1. The molecule has 1 aliphatic rings. The number of piperidine rings is 1. The van der Waals surface area contributed by atoms with E-state index in [9.17, 15) is 14.7 Å². The molecule has 2 N–H and O–H groups in total. The van der Waals surface area contributed by atoms with Gasteiger partial charge in [0.1, 0.15) is 0 Å². The lowest BCUT2D eigenvalue weighted by Gasteiger charge is -2.34. The molecule has 1 aromatic carbocycles. The fourth-order valence-corrected chi connectivity index (χ4v) is 2.44. The number of carbonyl (C=O) groups excluding carboxylic acids is 1. The summed E-state index contributed by atoms with van der Waals surface area (Å²) in [6.45, 7) is 3.00. The molecule has 1 aliphatic heterocycles. The lowest BCUT2D eigenvalue weighted by molar-refractivity contribution is -0.131. The van der Waals surface area contributed by atoms with E-state index in [1.165, 1.54) is 6.08 Å². The molecule has 0 radical (unpaired) electrons. The van der Waals surface area contributed by atoms with Crippen LogP contribution in [0.2, 0.25) is 0 Å². The van der Waals surface area contributed by atoms with Gasteiger partial charge >= 0.3 is 5.97 Å². The van der Waals surface area contributed by atoms with E-state index in [1.54, 1.807) is 29.2 Å². The highest BCUT2D eigenvalue weighted by atomic mass is 16.4. The Hall–Kier alpha value is -2.14. The predicted octanol–water partition coefficient (Wildman–Crippen LogP) is 1.63. The van der Waals surface area contributed by atoms with E-state index in [0.717, 1.165) is 6.08 Å². The van der Waals surface area contributed by atoms with Crippen LogP contribution in [0.5, 0.6) is 0 Å². The maximum atomic E-state index is 12.4. The molecule has 1 fully saturated rings. The average molecular weight is 289 g/mol. The Kier molecular flexibility index (Phi) is 4.75. The molecule has 112 valence electrons. The third kappa shape index (κ3) is 3.92. The van der Waals surface area contributed by atoms with Crippen LogP contribution >= 0.6 is 0 Å². The lowest BCUT2D eigenvalue weighted by atomic mass is 9.96. The van der Waals surface area contributed by atoms with Crippen molar-refractivity contribution in [1.29, 1.82) is 0 Å². The van der Waals surface area contributed by atoms with Crippen LogP contribution < -0.4 is 0 Å². The van der Waals surface area contributed by atoms with E-state index < -0.39 is 5.97 Å². The number of amides is 1. The smallest absolute Gasteiger partial charge is 0.328 e. The zero-order chi connectivity index (χ0) is 15.4. The summed E-state index contributed by atoms with van der Waals surface area (Å²) in [6, 6.07) is 6.88. The van der Waals surface area contributed by atoms with Gasteiger partial charge < -0.3 is 15.1 Å². The lowest BCUT2D eigenvalue weighted by Crippen LogP contribution is -2.44. The number of carboxylic acids is 1. The molecule has 2 rings (SSSR count). The van der Waals surface area contributed by atoms with Crippen molar-refractivity contribution in [2.75, 3.05) is 13.1 Å². The van der Waals surface area contributed by atoms with Crippen LogP contribution in [0.4, 0.5) is 0 Å². The second-order valence-corrected chi connectivity index (χ2v) is 5.38. The van der Waals surface area contributed by atoms with Gasteiger partial charge in [0.2, 0.25) is 0 Å². The molecule has 21 heavy (non-hydrogen) atoms. The minimum atomic E-state index is -1.02. The first kappa shape index (κ1) is 15.3. The number of likely N-dealkylation sites (tertiary alicyclic amines) is 1. The summed E-state index contributed by atoms with van der Waals surface area (Å²) >= 11 is 0. The van der Waals surface area contributed by atoms with Crippen molar-refractivity contribution in [3.63, 3.8) is 0 Å². The summed E-state index contributed by atoms with van der Waals surface area (Å²) in [5.41, 5.74) is 1.21. The minimum absolute atomic E-state index is 0.0674. The van der Waals surface area contributed by atoms with Gasteiger partial charge in [0.15, 0.2) is 0 Å². The summed E-state index contributed by atoms with van der Waals surface area (Å²) in [5, 5.41) is 18.3. The van der Waals surface area contributed by atoms with Gasteiger partial charge in [-0.25, -0.2) is 4.79 Å². The summed E-state index contributed by atoms with van der Waals surface area (Å²) in [4.78, 5) is 24.7. The van der Waals surface area contributed by atoms with Crippen LogP contribution in [-0.4, -0.2) is 46.2 Å². The second kappa shape index (κ2) is 6.54. The molecule has 2 atom stereocenters. The zero-order valence-corrected chi connectivity index (χ0v) is 11.9. The SMILES string of the molecule is CC1CN(C(=O)c2cccc(/C=C/C(=O)O)c2)CCC1O. The van der Waals surface area contributed by atoms with Gasteiger partial charge in [-0.15, -0.1) is 0 Å². The van der Waals surface area contributed by atoms with Gasteiger partial charge in [-0.05, 0) is 36.1 Å². The predicted molar refractivity (Wildman–Crippen MR) is 78.8 cm³/mol. The number of carbonyl (C=O) groups is 2. The number of hydrogen-bond donors (Lipinski definition) is 2. The summed E-state index contributed by atoms with van der Waals surface area (Å²) in [6.07, 6.45) is 2.75. The second-order valence-electron chi connectivity index (χ2n) is 5.38. The normalized spacial score (nSPS) is 22.5. The van der Waals surface area contributed by atoms with E-state index in [1.807, 2.05) is 6.92 Å². The molecule has 2 unspecified atom stereocenters. The van der Waals surface area contributed by atoms with Crippen molar-refractivity contribution >= 4 is 18.0 Å². The molecular weight excluding hydrogens is 270 g/mol. The van der Waals surface area contributed by atoms with Crippen LogP contribution in [0, 0.1) is 5.92 Å². The molecule has 1 amide bonds. The van der Waals surface area contributed by atoms with E-state index in [2.05, 4.69) is 0 Å². The molecule has 0 bridgehead atoms. The first-order valence-corrected chi connectivity index (χ1v) is 6.96. The van der Waals surface area contributed by atoms with Crippen LogP contribution in [0.3, 0.4) is 0 Å². The van der Waals surface area contributed by atoms with Crippen molar-refractivity contribution in [2.45, 2.75) is 19.4 Å². The highest BCUT2D eigenvalue weighted by Gasteiger charge is 2.27. The summed E-state index contributed by atoms with van der Waals surface area (Å²) < 4.78 is 0. The number of nitrogens with zero attached hydrogens (tertiary/aromatic N) is 1. The highest BCUT2D eigenvalue weighted by molar-refractivity contribution is 5.95. The summed E-state index contributed by atoms with van der Waals surface area (Å²) in [7, 11) is 0. The highest BCUT2D eigenvalue weighted by Crippen LogP contribution is 2.19. The monoisotopic (exact) mass is 289 g/mol. The van der Waals surface area contributed by atoms with Gasteiger partial charge in [-0.1, -0.05) is 19.1 Å². The largest absolute Gasteiger partial charge is 0.478 e. The van der Waals surface area contributed by atoms with Gasteiger partial charge in [-0.2, -0.15) is 0 Å². The average Bonchev–Trinajstić information content (AvgIpc) is 2.47. The first-order chi connectivity index (χ1) is 9.97. The van der Waals surface area contributed by atoms with Crippen molar-refractivity contribution in [3.05, 3.63) is 41.5 Å². The first-order valence-electron chi connectivity index (χ1n) is 6.96. The molecule has 0 aliphatic carbocycles. The van der Waals surface area contributed by atoms with E-state index in [-0.39, 0.29) is 17.9 Å². The molecule has 5 nitrogen and oxygen atoms in total. The van der Waals surface area contributed by atoms with Crippen molar-refractivity contribution < 1.29 is 19.8 Å². The topological polar surface area (TPSA) is 77.8 Å². The Labute approximate surface area is 123 Å². The van der Waals surface area contributed by atoms with Crippen LogP contribution in [0.1, 0.15) is 29.3 Å². The molecular formula is C16H19NO4. The Morgan fingerprint density at radius 3 is 2.81 bits per heavy atom. The molecule has 0 aromatic heterocycles. The Balaban J connectivity index is 2.12. The maximum Gasteiger partial charge on any atom is 0.328 e. The quantitative estimate of drug-likeness (QED) is 0.829. The number of benzene rings is 1. The minimum Gasteiger partial charge on any atom is -0.478 e. The molecule has 1 aromatic rings. The zero-order valence-electron chi connectivity index (χ0n) is 11.9. The number of carboxylic acid groups (broad SMARTS) is 1. The molecule has 5 heteroatoms. The third-order valence-electron chi connectivity index (χ3n) is 3.70.